The number of hydrogen-bond donors (Lipinski definition) is 3. The molecule has 3 N–H and O–H groups in total. The molecule has 25 heavy (non-hydrogen) atoms. The third-order valence-electron chi connectivity index (χ3n) is 3.31. The van der Waals surface area contributed by atoms with Crippen molar-refractivity contribution in [3.8, 4) is 0 Å². The molecule has 3 aromatic rings. The van der Waals surface area contributed by atoms with Crippen LogP contribution in [0.4, 0.5) is 17.1 Å². The van der Waals surface area contributed by atoms with Gasteiger partial charge in [0.2, 0.25) is 0 Å². The summed E-state index contributed by atoms with van der Waals surface area (Å²) in [6.07, 6.45) is 1.58. The van der Waals surface area contributed by atoms with Crippen LogP contribution < -0.4 is 16.0 Å². The number of hydrogen-bond acceptors (Lipinski definition) is 3. The summed E-state index contributed by atoms with van der Waals surface area (Å²) >= 11 is 5.31. The Morgan fingerprint density at radius 1 is 0.760 bits per heavy atom. The number of benzene rings is 2. The normalized spacial score (nSPS) is 9.92. The van der Waals surface area contributed by atoms with Gasteiger partial charge in [-0.1, -0.05) is 30.3 Å². The lowest BCUT2D eigenvalue weighted by Gasteiger charge is -2.12. The summed E-state index contributed by atoms with van der Waals surface area (Å²) in [5.41, 5.74) is 2.69. The highest BCUT2D eigenvalue weighted by molar-refractivity contribution is 7.80. The zero-order valence-corrected chi connectivity index (χ0v) is 14.1. The van der Waals surface area contributed by atoms with E-state index in [0.29, 0.717) is 16.5 Å². The highest BCUT2D eigenvalue weighted by atomic mass is 32.1. The van der Waals surface area contributed by atoms with Crippen LogP contribution in [0.2, 0.25) is 0 Å². The van der Waals surface area contributed by atoms with Gasteiger partial charge >= 0.3 is 0 Å². The van der Waals surface area contributed by atoms with Crippen LogP contribution in [0.1, 0.15) is 10.5 Å². The number of carbonyl (C=O) groups is 1. The molecule has 5 nitrogen and oxygen atoms in total. The summed E-state index contributed by atoms with van der Waals surface area (Å²) in [5, 5.41) is 9.48. The van der Waals surface area contributed by atoms with Crippen molar-refractivity contribution < 1.29 is 4.79 Å². The Morgan fingerprint density at radius 2 is 1.40 bits per heavy atom. The number of nitrogens with zero attached hydrogens (tertiary/aromatic N) is 1. The Hall–Kier alpha value is -3.25. The molecule has 124 valence electrons. The fraction of sp³-hybridized carbons (Fsp3) is 0. The Kier molecular flexibility index (Phi) is 5.33. The standard InChI is InChI=1S/C19H16N4OS/c24-18(17-11-4-5-12-20-17)21-15-9-6-10-16(13-15)23-19(25)22-14-7-2-1-3-8-14/h1-13H,(H,21,24)(H2,22,23,25). The summed E-state index contributed by atoms with van der Waals surface area (Å²) in [4.78, 5) is 16.2. The van der Waals surface area contributed by atoms with Crippen molar-refractivity contribution in [2.45, 2.75) is 0 Å². The SMILES string of the molecule is O=C(Nc1cccc(NC(=S)Nc2ccccc2)c1)c1ccccn1. The van der Waals surface area contributed by atoms with Crippen molar-refractivity contribution in [3.05, 3.63) is 84.7 Å². The summed E-state index contributed by atoms with van der Waals surface area (Å²) in [7, 11) is 0. The fourth-order valence-electron chi connectivity index (χ4n) is 2.18. The summed E-state index contributed by atoms with van der Waals surface area (Å²) < 4.78 is 0. The number of aromatic nitrogens is 1. The molecule has 0 aliphatic carbocycles. The molecule has 0 spiro atoms. The lowest BCUT2D eigenvalue weighted by molar-refractivity contribution is 0.102. The number of pyridine rings is 1. The first-order valence-electron chi connectivity index (χ1n) is 7.66. The lowest BCUT2D eigenvalue weighted by Crippen LogP contribution is -2.19. The van der Waals surface area contributed by atoms with Crippen LogP contribution in [-0.2, 0) is 0 Å². The molecule has 0 fully saturated rings. The second-order valence-electron chi connectivity index (χ2n) is 5.20. The predicted octanol–water partition coefficient (Wildman–Crippen LogP) is 4.14. The highest BCUT2D eigenvalue weighted by Crippen LogP contribution is 2.16. The lowest BCUT2D eigenvalue weighted by atomic mass is 10.2. The van der Waals surface area contributed by atoms with Gasteiger partial charge in [-0.2, -0.15) is 0 Å². The maximum absolute atomic E-state index is 12.2. The molecule has 0 saturated heterocycles. The smallest absolute Gasteiger partial charge is 0.274 e. The number of nitrogens with one attached hydrogen (secondary N) is 3. The Labute approximate surface area is 151 Å². The molecule has 1 heterocycles. The van der Waals surface area contributed by atoms with E-state index in [1.165, 1.54) is 0 Å². The minimum atomic E-state index is -0.261. The Morgan fingerprint density at radius 3 is 2.12 bits per heavy atom. The average Bonchev–Trinajstić information content (AvgIpc) is 2.63. The number of anilines is 3. The topological polar surface area (TPSA) is 66.1 Å². The van der Waals surface area contributed by atoms with Gasteiger partial charge in [-0.3, -0.25) is 9.78 Å². The Balaban J connectivity index is 1.63. The van der Waals surface area contributed by atoms with Gasteiger partial charge in [0.1, 0.15) is 5.69 Å². The maximum Gasteiger partial charge on any atom is 0.274 e. The van der Waals surface area contributed by atoms with Gasteiger partial charge in [0, 0.05) is 23.3 Å². The molecule has 0 radical (unpaired) electrons. The van der Waals surface area contributed by atoms with Gasteiger partial charge < -0.3 is 16.0 Å². The first-order valence-corrected chi connectivity index (χ1v) is 8.07. The first kappa shape index (κ1) is 16.6. The van der Waals surface area contributed by atoms with Crippen LogP contribution in [0.25, 0.3) is 0 Å². The average molecular weight is 348 g/mol. The van der Waals surface area contributed by atoms with Crippen LogP contribution in [-0.4, -0.2) is 16.0 Å². The van der Waals surface area contributed by atoms with E-state index in [-0.39, 0.29) is 5.91 Å². The van der Waals surface area contributed by atoms with Crippen LogP contribution in [0, 0.1) is 0 Å². The Bertz CT molecular complexity index is 869. The molecule has 0 aliphatic rings. The van der Waals surface area contributed by atoms with Crippen LogP contribution in [0.5, 0.6) is 0 Å². The molecule has 0 bridgehead atoms. The van der Waals surface area contributed by atoms with E-state index in [2.05, 4.69) is 20.9 Å². The van der Waals surface area contributed by atoms with Gasteiger partial charge in [0.15, 0.2) is 5.11 Å². The van der Waals surface area contributed by atoms with Gasteiger partial charge in [0.25, 0.3) is 5.91 Å². The largest absolute Gasteiger partial charge is 0.332 e. The predicted molar refractivity (Wildman–Crippen MR) is 105 cm³/mol. The minimum Gasteiger partial charge on any atom is -0.332 e. The van der Waals surface area contributed by atoms with Crippen LogP contribution in [0.15, 0.2) is 79.0 Å². The van der Waals surface area contributed by atoms with Crippen molar-refractivity contribution in [1.82, 2.24) is 4.98 Å². The van der Waals surface area contributed by atoms with Crippen molar-refractivity contribution in [1.29, 1.82) is 0 Å². The molecule has 6 heteroatoms. The van der Waals surface area contributed by atoms with Crippen molar-refractivity contribution in [2.24, 2.45) is 0 Å². The maximum atomic E-state index is 12.2. The molecule has 1 amide bonds. The number of amides is 1. The number of para-hydroxylation sites is 1. The third-order valence-corrected chi connectivity index (χ3v) is 3.51. The van der Waals surface area contributed by atoms with Crippen LogP contribution in [0.3, 0.4) is 0 Å². The van der Waals surface area contributed by atoms with E-state index in [9.17, 15) is 4.79 Å². The van der Waals surface area contributed by atoms with E-state index in [1.54, 1.807) is 36.5 Å². The quantitative estimate of drug-likeness (QED) is 0.618. The molecule has 3 rings (SSSR count). The van der Waals surface area contributed by atoms with Gasteiger partial charge in [-0.15, -0.1) is 0 Å². The van der Waals surface area contributed by atoms with E-state index < -0.39 is 0 Å². The molecular weight excluding hydrogens is 332 g/mol. The molecule has 0 aliphatic heterocycles. The van der Waals surface area contributed by atoms with Crippen molar-refractivity contribution in [2.75, 3.05) is 16.0 Å². The van der Waals surface area contributed by atoms with Gasteiger partial charge in [0.05, 0.1) is 0 Å². The summed E-state index contributed by atoms with van der Waals surface area (Å²) in [5.74, 6) is -0.261. The molecule has 2 aromatic carbocycles. The highest BCUT2D eigenvalue weighted by Gasteiger charge is 2.07. The van der Waals surface area contributed by atoms with Gasteiger partial charge in [-0.25, -0.2) is 0 Å². The monoisotopic (exact) mass is 348 g/mol. The van der Waals surface area contributed by atoms with Crippen molar-refractivity contribution in [3.63, 3.8) is 0 Å². The second-order valence-corrected chi connectivity index (χ2v) is 5.60. The molecular formula is C19H16N4OS. The molecule has 0 saturated carbocycles. The number of thiocarbonyl (C=S) groups is 1. The van der Waals surface area contributed by atoms with Gasteiger partial charge in [-0.05, 0) is 54.7 Å². The fourth-order valence-corrected chi connectivity index (χ4v) is 2.42. The zero-order chi connectivity index (χ0) is 17.5. The molecule has 0 atom stereocenters. The molecule has 1 aromatic heterocycles. The zero-order valence-electron chi connectivity index (χ0n) is 13.3. The number of rotatable bonds is 4. The third kappa shape index (κ3) is 4.86. The summed E-state index contributed by atoms with van der Waals surface area (Å²) in [6.45, 7) is 0. The van der Waals surface area contributed by atoms with E-state index in [0.717, 1.165) is 11.4 Å². The minimum absolute atomic E-state index is 0.261. The molecule has 0 unspecified atom stereocenters. The van der Waals surface area contributed by atoms with Crippen LogP contribution >= 0.6 is 12.2 Å². The van der Waals surface area contributed by atoms with Crippen molar-refractivity contribution >= 4 is 40.3 Å². The van der Waals surface area contributed by atoms with E-state index >= 15 is 0 Å². The first-order chi connectivity index (χ1) is 12.2. The number of carbonyl (C=O) groups excluding carboxylic acids is 1. The summed E-state index contributed by atoms with van der Waals surface area (Å²) in [6, 6.07) is 22.2. The van der Waals surface area contributed by atoms with E-state index in [1.807, 2.05) is 42.5 Å². The van der Waals surface area contributed by atoms with E-state index in [4.69, 9.17) is 12.2 Å². The second kappa shape index (κ2) is 8.03.